The van der Waals surface area contributed by atoms with Crippen LogP contribution in [0, 0.1) is 0 Å². The molecule has 1 rings (SSSR count). The highest BCUT2D eigenvalue weighted by Gasteiger charge is 2.07. The molecule has 0 aromatic heterocycles. The van der Waals surface area contributed by atoms with Gasteiger partial charge in [-0.15, -0.1) is 0 Å². The average molecular weight is 251 g/mol. The first kappa shape index (κ1) is 13.8. The lowest BCUT2D eigenvalue weighted by molar-refractivity contribution is -0.120. The zero-order valence-corrected chi connectivity index (χ0v) is 10.2. The molecule has 4 N–H and O–H groups in total. The second-order valence-corrected chi connectivity index (χ2v) is 3.68. The van der Waals surface area contributed by atoms with Crippen LogP contribution in [0.3, 0.4) is 0 Å². The molecule has 0 spiro atoms. The molecule has 0 aliphatic heterocycles. The fraction of sp³-hybridized carbons (Fsp3) is 0.333. The summed E-state index contributed by atoms with van der Waals surface area (Å²) in [6.07, 6.45) is 0.550. The summed E-state index contributed by atoms with van der Waals surface area (Å²) >= 11 is 0. The van der Waals surface area contributed by atoms with Crippen LogP contribution < -0.4 is 15.8 Å². The molecule has 18 heavy (non-hydrogen) atoms. The minimum Gasteiger partial charge on any atom is -0.496 e. The predicted octanol–water partition coefficient (Wildman–Crippen LogP) is 0.490. The lowest BCUT2D eigenvalue weighted by atomic mass is 10.1. The number of rotatable bonds is 6. The van der Waals surface area contributed by atoms with Crippen LogP contribution in [0.4, 0.5) is 0 Å². The maximum atomic E-state index is 11.6. The number of nitrogens with zero attached hydrogens (tertiary/aromatic N) is 1. The number of para-hydroxylation sites is 1. The van der Waals surface area contributed by atoms with Crippen LogP contribution in [0.25, 0.3) is 0 Å². The maximum Gasteiger partial charge on any atom is 0.224 e. The summed E-state index contributed by atoms with van der Waals surface area (Å²) in [5.74, 6) is 0.641. The Balaban J connectivity index is 2.45. The standard InChI is InChI=1S/C12H17N3O3/c1-18-10-5-3-2-4-9(10)8-12(16)14-7-6-11(13)15-17/h2-5,17H,6-8H2,1H3,(H2,13,15)(H,14,16). The van der Waals surface area contributed by atoms with Crippen LogP contribution >= 0.6 is 0 Å². The highest BCUT2D eigenvalue weighted by Crippen LogP contribution is 2.17. The Morgan fingerprint density at radius 2 is 2.22 bits per heavy atom. The predicted molar refractivity (Wildman–Crippen MR) is 67.7 cm³/mol. The third-order valence-electron chi connectivity index (χ3n) is 2.38. The number of ether oxygens (including phenoxy) is 1. The lowest BCUT2D eigenvalue weighted by Gasteiger charge is -2.08. The van der Waals surface area contributed by atoms with E-state index in [0.29, 0.717) is 18.7 Å². The Morgan fingerprint density at radius 1 is 1.50 bits per heavy atom. The second kappa shape index (κ2) is 7.16. The van der Waals surface area contributed by atoms with Crippen molar-refractivity contribution in [2.45, 2.75) is 12.8 Å². The van der Waals surface area contributed by atoms with E-state index in [1.54, 1.807) is 13.2 Å². The van der Waals surface area contributed by atoms with Gasteiger partial charge in [-0.1, -0.05) is 23.4 Å². The molecule has 0 atom stereocenters. The monoisotopic (exact) mass is 251 g/mol. The van der Waals surface area contributed by atoms with Gasteiger partial charge < -0.3 is 21.0 Å². The number of hydrogen-bond acceptors (Lipinski definition) is 4. The molecule has 0 fully saturated rings. The van der Waals surface area contributed by atoms with E-state index >= 15 is 0 Å². The molecule has 0 heterocycles. The fourth-order valence-electron chi connectivity index (χ4n) is 1.46. The molecule has 0 aliphatic rings. The first-order valence-electron chi connectivity index (χ1n) is 5.52. The van der Waals surface area contributed by atoms with Gasteiger partial charge in [-0.05, 0) is 6.07 Å². The van der Waals surface area contributed by atoms with Crippen molar-refractivity contribution in [3.8, 4) is 5.75 Å². The Labute approximate surface area is 105 Å². The van der Waals surface area contributed by atoms with E-state index < -0.39 is 0 Å². The minimum absolute atomic E-state index is 0.0904. The summed E-state index contributed by atoms with van der Waals surface area (Å²) in [5, 5.41) is 13.8. The molecule has 0 aliphatic carbocycles. The first-order valence-corrected chi connectivity index (χ1v) is 5.52. The summed E-state index contributed by atoms with van der Waals surface area (Å²) in [7, 11) is 1.56. The summed E-state index contributed by atoms with van der Waals surface area (Å²) in [4.78, 5) is 11.6. The Bertz CT molecular complexity index is 432. The number of amides is 1. The number of benzene rings is 1. The zero-order chi connectivity index (χ0) is 13.4. The number of carbonyl (C=O) groups excluding carboxylic acids is 1. The van der Waals surface area contributed by atoms with Crippen molar-refractivity contribution in [1.82, 2.24) is 5.32 Å². The highest BCUT2D eigenvalue weighted by molar-refractivity contribution is 5.82. The quantitative estimate of drug-likeness (QED) is 0.297. The average Bonchev–Trinajstić information content (AvgIpc) is 2.39. The molecule has 0 radical (unpaired) electrons. The number of carbonyl (C=O) groups is 1. The van der Waals surface area contributed by atoms with E-state index in [1.807, 2.05) is 18.2 Å². The van der Waals surface area contributed by atoms with E-state index in [-0.39, 0.29) is 18.2 Å². The van der Waals surface area contributed by atoms with Gasteiger partial charge in [0.1, 0.15) is 11.6 Å². The van der Waals surface area contributed by atoms with E-state index in [9.17, 15) is 4.79 Å². The molecule has 1 aromatic carbocycles. The largest absolute Gasteiger partial charge is 0.496 e. The van der Waals surface area contributed by atoms with Crippen molar-refractivity contribution >= 4 is 11.7 Å². The maximum absolute atomic E-state index is 11.6. The summed E-state index contributed by atoms with van der Waals surface area (Å²) in [6, 6.07) is 7.33. The highest BCUT2D eigenvalue weighted by atomic mass is 16.5. The molecule has 0 unspecified atom stereocenters. The van der Waals surface area contributed by atoms with Gasteiger partial charge in [0.2, 0.25) is 5.91 Å². The molecule has 0 bridgehead atoms. The van der Waals surface area contributed by atoms with Crippen molar-refractivity contribution in [1.29, 1.82) is 0 Å². The van der Waals surface area contributed by atoms with Crippen LogP contribution in [0.1, 0.15) is 12.0 Å². The van der Waals surface area contributed by atoms with E-state index in [2.05, 4.69) is 10.5 Å². The second-order valence-electron chi connectivity index (χ2n) is 3.68. The zero-order valence-electron chi connectivity index (χ0n) is 10.2. The third-order valence-corrected chi connectivity index (χ3v) is 2.38. The van der Waals surface area contributed by atoms with Crippen molar-refractivity contribution in [2.75, 3.05) is 13.7 Å². The Hall–Kier alpha value is -2.24. The Kier molecular flexibility index (Phi) is 5.50. The van der Waals surface area contributed by atoms with Gasteiger partial charge >= 0.3 is 0 Å². The van der Waals surface area contributed by atoms with Crippen molar-refractivity contribution in [2.24, 2.45) is 10.9 Å². The van der Waals surface area contributed by atoms with Crippen LogP contribution in [0.5, 0.6) is 5.75 Å². The minimum atomic E-state index is -0.134. The number of nitrogens with two attached hydrogens (primary N) is 1. The van der Waals surface area contributed by atoms with Gasteiger partial charge in [-0.2, -0.15) is 0 Å². The molecule has 6 heteroatoms. The summed E-state index contributed by atoms with van der Waals surface area (Å²) in [6.45, 7) is 0.337. The van der Waals surface area contributed by atoms with E-state index in [4.69, 9.17) is 15.7 Å². The van der Waals surface area contributed by atoms with Gasteiger partial charge in [-0.3, -0.25) is 4.79 Å². The summed E-state index contributed by atoms with van der Waals surface area (Å²) in [5.41, 5.74) is 6.11. The van der Waals surface area contributed by atoms with Gasteiger partial charge in [0.05, 0.1) is 13.5 Å². The van der Waals surface area contributed by atoms with E-state index in [1.165, 1.54) is 0 Å². The molecule has 1 amide bonds. The van der Waals surface area contributed by atoms with Crippen LogP contribution in [-0.4, -0.2) is 30.6 Å². The first-order chi connectivity index (χ1) is 8.67. The third kappa shape index (κ3) is 4.32. The number of oxime groups is 1. The van der Waals surface area contributed by atoms with Gasteiger partial charge in [-0.25, -0.2) is 0 Å². The number of nitrogens with one attached hydrogen (secondary N) is 1. The molecular formula is C12H17N3O3. The van der Waals surface area contributed by atoms with Gasteiger partial charge in [0, 0.05) is 18.5 Å². The van der Waals surface area contributed by atoms with Crippen LogP contribution in [-0.2, 0) is 11.2 Å². The van der Waals surface area contributed by atoms with Crippen LogP contribution in [0.2, 0.25) is 0 Å². The summed E-state index contributed by atoms with van der Waals surface area (Å²) < 4.78 is 5.15. The smallest absolute Gasteiger partial charge is 0.224 e. The lowest BCUT2D eigenvalue weighted by Crippen LogP contribution is -2.29. The molecular weight excluding hydrogens is 234 g/mol. The number of methoxy groups -OCH3 is 1. The van der Waals surface area contributed by atoms with Crippen molar-refractivity contribution in [3.63, 3.8) is 0 Å². The number of hydrogen-bond donors (Lipinski definition) is 3. The SMILES string of the molecule is COc1ccccc1CC(=O)NCCC(N)=NO. The topological polar surface area (TPSA) is 96.9 Å². The van der Waals surface area contributed by atoms with Crippen molar-refractivity contribution in [3.05, 3.63) is 29.8 Å². The normalized spacial score (nSPS) is 11.1. The number of amidine groups is 1. The molecule has 6 nitrogen and oxygen atoms in total. The van der Waals surface area contributed by atoms with Crippen molar-refractivity contribution < 1.29 is 14.7 Å². The molecule has 0 saturated carbocycles. The molecule has 1 aromatic rings. The van der Waals surface area contributed by atoms with Gasteiger partial charge in [0.25, 0.3) is 0 Å². The van der Waals surface area contributed by atoms with Gasteiger partial charge in [0.15, 0.2) is 0 Å². The Morgan fingerprint density at radius 3 is 2.89 bits per heavy atom. The fourth-order valence-corrected chi connectivity index (χ4v) is 1.46. The molecule has 98 valence electrons. The van der Waals surface area contributed by atoms with Crippen LogP contribution in [0.15, 0.2) is 29.4 Å². The van der Waals surface area contributed by atoms with E-state index in [0.717, 1.165) is 5.56 Å². The molecule has 0 saturated heterocycles.